The second-order valence-electron chi connectivity index (χ2n) is 4.45. The molecule has 1 rings (SSSR count). The summed E-state index contributed by atoms with van der Waals surface area (Å²) < 4.78 is 13.4. The first kappa shape index (κ1) is 15.1. The minimum absolute atomic E-state index is 0.195. The maximum absolute atomic E-state index is 12.9. The van der Waals surface area contributed by atoms with Crippen LogP contribution in [0.25, 0.3) is 0 Å². The number of benzene rings is 1. The van der Waals surface area contributed by atoms with Gasteiger partial charge in [-0.15, -0.1) is 0 Å². The third-order valence-electron chi connectivity index (χ3n) is 2.81. The summed E-state index contributed by atoms with van der Waals surface area (Å²) in [4.78, 5) is 14.0. The molecule has 0 heterocycles. The van der Waals surface area contributed by atoms with E-state index in [-0.39, 0.29) is 11.7 Å². The standard InChI is InChI=1S/C13H18BrFN2O/c1-9(2)17(3)7-6-16-13(18)11-5-4-10(15)8-12(11)14/h4-5,8-9H,6-7H2,1-3H3,(H,16,18). The average Bonchev–Trinajstić information content (AvgIpc) is 2.28. The van der Waals surface area contributed by atoms with Gasteiger partial charge in [0.15, 0.2) is 0 Å². The number of amides is 1. The first-order chi connectivity index (χ1) is 8.41. The maximum atomic E-state index is 12.9. The number of likely N-dealkylation sites (N-methyl/N-ethyl adjacent to an activating group) is 1. The Bertz CT molecular complexity index is 423. The largest absolute Gasteiger partial charge is 0.351 e. The van der Waals surface area contributed by atoms with E-state index >= 15 is 0 Å². The summed E-state index contributed by atoms with van der Waals surface area (Å²) >= 11 is 3.18. The third-order valence-corrected chi connectivity index (χ3v) is 3.46. The summed E-state index contributed by atoms with van der Waals surface area (Å²) in [6.07, 6.45) is 0. The van der Waals surface area contributed by atoms with Crippen molar-refractivity contribution in [3.63, 3.8) is 0 Å². The SMILES string of the molecule is CC(C)N(C)CCNC(=O)c1ccc(F)cc1Br. The zero-order chi connectivity index (χ0) is 13.7. The monoisotopic (exact) mass is 316 g/mol. The molecule has 0 unspecified atom stereocenters. The fraction of sp³-hybridized carbons (Fsp3) is 0.462. The van der Waals surface area contributed by atoms with Crippen LogP contribution in [0.3, 0.4) is 0 Å². The van der Waals surface area contributed by atoms with Crippen molar-refractivity contribution < 1.29 is 9.18 Å². The molecule has 0 bridgehead atoms. The highest BCUT2D eigenvalue weighted by Crippen LogP contribution is 2.17. The lowest BCUT2D eigenvalue weighted by Crippen LogP contribution is -2.36. The summed E-state index contributed by atoms with van der Waals surface area (Å²) in [6.45, 7) is 5.54. The van der Waals surface area contributed by atoms with Crippen LogP contribution in [0.15, 0.2) is 22.7 Å². The molecular weight excluding hydrogens is 299 g/mol. The van der Waals surface area contributed by atoms with E-state index in [1.807, 2.05) is 7.05 Å². The lowest BCUT2D eigenvalue weighted by atomic mass is 10.2. The maximum Gasteiger partial charge on any atom is 0.252 e. The van der Waals surface area contributed by atoms with Gasteiger partial charge in [0, 0.05) is 23.6 Å². The van der Waals surface area contributed by atoms with Crippen LogP contribution >= 0.6 is 15.9 Å². The Balaban J connectivity index is 2.51. The summed E-state index contributed by atoms with van der Waals surface area (Å²) in [5.41, 5.74) is 0.448. The van der Waals surface area contributed by atoms with Crippen molar-refractivity contribution in [3.05, 3.63) is 34.1 Å². The molecule has 0 radical (unpaired) electrons. The van der Waals surface area contributed by atoms with Crippen LogP contribution < -0.4 is 5.32 Å². The third kappa shape index (κ3) is 4.38. The smallest absolute Gasteiger partial charge is 0.252 e. The molecule has 0 aliphatic heterocycles. The molecule has 3 nitrogen and oxygen atoms in total. The number of rotatable bonds is 5. The van der Waals surface area contributed by atoms with E-state index in [1.54, 1.807) is 0 Å². The highest BCUT2D eigenvalue weighted by atomic mass is 79.9. The minimum Gasteiger partial charge on any atom is -0.351 e. The van der Waals surface area contributed by atoms with Gasteiger partial charge in [0.25, 0.3) is 5.91 Å². The molecule has 1 aromatic rings. The first-order valence-corrected chi connectivity index (χ1v) is 6.64. The van der Waals surface area contributed by atoms with E-state index < -0.39 is 0 Å². The number of nitrogens with zero attached hydrogens (tertiary/aromatic N) is 1. The lowest BCUT2D eigenvalue weighted by molar-refractivity contribution is 0.0947. The molecular formula is C13H18BrFN2O. The fourth-order valence-corrected chi connectivity index (χ4v) is 1.90. The molecule has 0 aromatic heterocycles. The van der Waals surface area contributed by atoms with Crippen LogP contribution in [-0.2, 0) is 0 Å². The Kier molecular flexibility index (Phi) is 5.75. The number of halogens is 2. The van der Waals surface area contributed by atoms with Gasteiger partial charge >= 0.3 is 0 Å². The van der Waals surface area contributed by atoms with Crippen molar-refractivity contribution >= 4 is 21.8 Å². The van der Waals surface area contributed by atoms with Gasteiger partial charge in [0.05, 0.1) is 5.56 Å². The predicted molar refractivity (Wildman–Crippen MR) is 74.2 cm³/mol. The topological polar surface area (TPSA) is 32.3 Å². The van der Waals surface area contributed by atoms with Crippen LogP contribution in [-0.4, -0.2) is 37.0 Å². The highest BCUT2D eigenvalue weighted by Gasteiger charge is 2.10. The predicted octanol–water partition coefficient (Wildman–Crippen LogP) is 2.66. The molecule has 18 heavy (non-hydrogen) atoms. The van der Waals surface area contributed by atoms with Crippen molar-refractivity contribution in [1.29, 1.82) is 0 Å². The van der Waals surface area contributed by atoms with Gasteiger partial charge in [-0.25, -0.2) is 4.39 Å². The molecule has 0 fully saturated rings. The molecule has 100 valence electrons. The summed E-state index contributed by atoms with van der Waals surface area (Å²) in [5.74, 6) is -0.558. The number of hydrogen-bond acceptors (Lipinski definition) is 2. The Morgan fingerprint density at radius 3 is 2.72 bits per heavy atom. The first-order valence-electron chi connectivity index (χ1n) is 5.85. The Labute approximate surface area is 115 Å². The van der Waals surface area contributed by atoms with E-state index in [1.165, 1.54) is 18.2 Å². The van der Waals surface area contributed by atoms with Crippen LogP contribution in [0.5, 0.6) is 0 Å². The van der Waals surface area contributed by atoms with Crippen LogP contribution in [0.1, 0.15) is 24.2 Å². The van der Waals surface area contributed by atoms with Crippen molar-refractivity contribution in [2.75, 3.05) is 20.1 Å². The summed E-state index contributed by atoms with van der Waals surface area (Å²) in [6, 6.07) is 4.48. The molecule has 0 saturated carbocycles. The number of hydrogen-bond donors (Lipinski definition) is 1. The molecule has 1 N–H and O–H groups in total. The number of carbonyl (C=O) groups excluding carboxylic acids is 1. The van der Waals surface area contributed by atoms with Crippen LogP contribution in [0.2, 0.25) is 0 Å². The van der Waals surface area contributed by atoms with Crippen molar-refractivity contribution in [1.82, 2.24) is 10.2 Å². The lowest BCUT2D eigenvalue weighted by Gasteiger charge is -2.20. The normalized spacial score (nSPS) is 11.1. The molecule has 1 aromatic carbocycles. The molecule has 0 aliphatic carbocycles. The quantitative estimate of drug-likeness (QED) is 0.905. The van der Waals surface area contributed by atoms with Gasteiger partial charge in [-0.05, 0) is 55.0 Å². The highest BCUT2D eigenvalue weighted by molar-refractivity contribution is 9.10. The van der Waals surface area contributed by atoms with Gasteiger partial charge in [0.1, 0.15) is 5.82 Å². The molecule has 1 amide bonds. The Morgan fingerprint density at radius 1 is 1.50 bits per heavy atom. The summed E-state index contributed by atoms with van der Waals surface area (Å²) in [5, 5.41) is 2.81. The second-order valence-corrected chi connectivity index (χ2v) is 5.31. The van der Waals surface area contributed by atoms with Gasteiger partial charge in [-0.3, -0.25) is 4.79 Å². The van der Waals surface area contributed by atoms with Gasteiger partial charge in [0.2, 0.25) is 0 Å². The molecule has 0 atom stereocenters. The average molecular weight is 317 g/mol. The Morgan fingerprint density at radius 2 is 2.17 bits per heavy atom. The number of carbonyl (C=O) groups is 1. The van der Waals surface area contributed by atoms with E-state index in [9.17, 15) is 9.18 Å². The van der Waals surface area contributed by atoms with E-state index in [4.69, 9.17) is 0 Å². The van der Waals surface area contributed by atoms with Gasteiger partial charge < -0.3 is 10.2 Å². The zero-order valence-electron chi connectivity index (χ0n) is 10.8. The van der Waals surface area contributed by atoms with E-state index in [0.29, 0.717) is 22.6 Å². The zero-order valence-corrected chi connectivity index (χ0v) is 12.4. The van der Waals surface area contributed by atoms with Crippen molar-refractivity contribution in [2.45, 2.75) is 19.9 Å². The fourth-order valence-electron chi connectivity index (χ4n) is 1.37. The van der Waals surface area contributed by atoms with Crippen molar-refractivity contribution in [3.8, 4) is 0 Å². The summed E-state index contributed by atoms with van der Waals surface area (Å²) in [7, 11) is 2.00. The molecule has 0 aliphatic rings. The van der Waals surface area contributed by atoms with Crippen LogP contribution in [0, 0.1) is 5.82 Å². The van der Waals surface area contributed by atoms with Crippen LogP contribution in [0.4, 0.5) is 4.39 Å². The van der Waals surface area contributed by atoms with Gasteiger partial charge in [-0.1, -0.05) is 0 Å². The van der Waals surface area contributed by atoms with E-state index in [0.717, 1.165) is 6.54 Å². The van der Waals surface area contributed by atoms with Crippen molar-refractivity contribution in [2.24, 2.45) is 0 Å². The molecule has 5 heteroatoms. The minimum atomic E-state index is -0.363. The van der Waals surface area contributed by atoms with Gasteiger partial charge in [-0.2, -0.15) is 0 Å². The van der Waals surface area contributed by atoms with E-state index in [2.05, 4.69) is 40.0 Å². The second kappa shape index (κ2) is 6.85. The number of nitrogens with one attached hydrogen (secondary N) is 1. The molecule has 0 saturated heterocycles. The Hall–Kier alpha value is -0.940. The molecule has 0 spiro atoms.